The van der Waals surface area contributed by atoms with E-state index in [1.807, 2.05) is 133 Å². The molecular weight excluding hydrogens is 905 g/mol. The van der Waals surface area contributed by atoms with E-state index in [1.165, 1.54) is 0 Å². The molecule has 6 aromatic carbocycles. The lowest BCUT2D eigenvalue weighted by atomic mass is 9.98. The molecule has 0 spiro atoms. The van der Waals surface area contributed by atoms with Crippen molar-refractivity contribution in [1.29, 1.82) is 0 Å². The summed E-state index contributed by atoms with van der Waals surface area (Å²) in [6.07, 6.45) is -6.06. The second kappa shape index (κ2) is 27.7. The summed E-state index contributed by atoms with van der Waals surface area (Å²) in [5.74, 6) is 0.818. The standard InChI is InChI=1S/C58H66O11S/c1-3-70-58-56(67-38-46-28-17-8-18-29-46)55(66-37-45-26-15-7-16-27-45)53(64-35-43-22-11-5-12-23-43)50(69-58)41-62-34-47-30-19-31-48(32-47)39-63-52-49(40-61-33-42-20-9-4-10-21-42)68-57(60-2)54(51(52)59)65-36-44-24-13-6-14-25-44/h4-32,49-59H,3,33-41H2,1-2H3/t49-,50-,51+,52+,53-,54-,55+,56-,57+,58+/m1/s1. The number of methoxy groups -OCH3 is 1. The monoisotopic (exact) mass is 970 g/mol. The number of aliphatic hydroxyl groups is 1. The lowest BCUT2D eigenvalue weighted by molar-refractivity contribution is -0.315. The van der Waals surface area contributed by atoms with Crippen molar-refractivity contribution in [3.63, 3.8) is 0 Å². The predicted molar refractivity (Wildman–Crippen MR) is 269 cm³/mol. The SMILES string of the molecule is CCS[C@@H]1O[C@H](COCc2cccc(CO[C@@H]3[C@H](O)[C@@H](OCc4ccccc4)[C@@H](OC)O[C@@H]3COCc3ccccc3)c2)[C@@H](OCc2ccccc2)[C@H](OCc2ccccc2)[C@H]1OCc1ccccc1. The van der Waals surface area contributed by atoms with E-state index in [0.29, 0.717) is 33.0 Å². The lowest BCUT2D eigenvalue weighted by Gasteiger charge is -2.46. The largest absolute Gasteiger partial charge is 0.387 e. The third-order valence-electron chi connectivity index (χ3n) is 12.3. The minimum atomic E-state index is -1.08. The molecule has 0 saturated carbocycles. The van der Waals surface area contributed by atoms with Crippen molar-refractivity contribution in [2.24, 2.45) is 0 Å². The van der Waals surface area contributed by atoms with Crippen LogP contribution in [0.15, 0.2) is 176 Å². The summed E-state index contributed by atoms with van der Waals surface area (Å²) < 4.78 is 65.1. The first-order valence-electron chi connectivity index (χ1n) is 24.2. The highest BCUT2D eigenvalue weighted by atomic mass is 32.2. The number of thioether (sulfide) groups is 1. The van der Waals surface area contributed by atoms with Gasteiger partial charge in [-0.25, -0.2) is 0 Å². The smallest absolute Gasteiger partial charge is 0.186 e. The van der Waals surface area contributed by atoms with Crippen LogP contribution in [0.4, 0.5) is 0 Å². The van der Waals surface area contributed by atoms with Crippen LogP contribution < -0.4 is 0 Å². The van der Waals surface area contributed by atoms with Gasteiger partial charge in [-0.2, -0.15) is 0 Å². The van der Waals surface area contributed by atoms with Gasteiger partial charge >= 0.3 is 0 Å². The quantitative estimate of drug-likeness (QED) is 0.0559. The molecule has 8 rings (SSSR count). The van der Waals surface area contributed by atoms with Crippen molar-refractivity contribution in [2.75, 3.05) is 26.1 Å². The number of rotatable bonds is 26. The van der Waals surface area contributed by atoms with Crippen LogP contribution >= 0.6 is 11.8 Å². The van der Waals surface area contributed by atoms with E-state index in [-0.39, 0.29) is 31.9 Å². The molecule has 0 aromatic heterocycles. The van der Waals surface area contributed by atoms with Gasteiger partial charge in [-0.05, 0) is 44.7 Å². The Bertz CT molecular complexity index is 2350. The van der Waals surface area contributed by atoms with Gasteiger partial charge in [0.2, 0.25) is 0 Å². The van der Waals surface area contributed by atoms with Crippen LogP contribution in [0.1, 0.15) is 45.9 Å². The Labute approximate surface area is 417 Å². The van der Waals surface area contributed by atoms with Crippen molar-refractivity contribution in [3.05, 3.63) is 215 Å². The topological polar surface area (TPSA) is 113 Å². The van der Waals surface area contributed by atoms with E-state index in [0.717, 1.165) is 44.7 Å². The van der Waals surface area contributed by atoms with Gasteiger partial charge in [0.05, 0.1) is 59.5 Å². The van der Waals surface area contributed by atoms with Gasteiger partial charge < -0.3 is 52.5 Å². The normalized spacial score (nSPS) is 24.6. The third kappa shape index (κ3) is 15.1. The molecule has 2 fully saturated rings. The Hall–Kier alpha value is -4.77. The minimum absolute atomic E-state index is 0.171. The molecule has 12 heteroatoms. The molecule has 370 valence electrons. The van der Waals surface area contributed by atoms with Gasteiger partial charge in [0.15, 0.2) is 6.29 Å². The molecule has 0 bridgehead atoms. The molecule has 70 heavy (non-hydrogen) atoms. The number of hydrogen-bond donors (Lipinski definition) is 1. The molecule has 1 N–H and O–H groups in total. The maximum Gasteiger partial charge on any atom is 0.186 e. The van der Waals surface area contributed by atoms with E-state index in [4.69, 9.17) is 47.4 Å². The fraction of sp³-hybridized carbons (Fsp3) is 0.379. The van der Waals surface area contributed by atoms with Crippen LogP contribution in [0.3, 0.4) is 0 Å². The van der Waals surface area contributed by atoms with Crippen molar-refractivity contribution < 1.29 is 52.5 Å². The van der Waals surface area contributed by atoms with E-state index in [1.54, 1.807) is 18.9 Å². The van der Waals surface area contributed by atoms with Crippen LogP contribution in [-0.4, -0.2) is 91.7 Å². The van der Waals surface area contributed by atoms with Crippen LogP contribution in [-0.2, 0) is 93.6 Å². The molecule has 2 heterocycles. The Morgan fingerprint density at radius 3 is 1.27 bits per heavy atom. The highest BCUT2D eigenvalue weighted by Gasteiger charge is 2.49. The Kier molecular flexibility index (Phi) is 20.4. The second-order valence-electron chi connectivity index (χ2n) is 17.4. The minimum Gasteiger partial charge on any atom is -0.387 e. The first-order chi connectivity index (χ1) is 34.5. The molecule has 2 aliphatic rings. The average Bonchev–Trinajstić information content (AvgIpc) is 3.40. The number of benzene rings is 6. The van der Waals surface area contributed by atoms with E-state index >= 15 is 0 Å². The molecule has 6 aromatic rings. The average molecular weight is 971 g/mol. The van der Waals surface area contributed by atoms with Gasteiger partial charge in [-0.3, -0.25) is 0 Å². The zero-order chi connectivity index (χ0) is 48.2. The Morgan fingerprint density at radius 2 is 0.786 bits per heavy atom. The maximum absolute atomic E-state index is 11.9. The number of ether oxygens (including phenoxy) is 10. The second-order valence-corrected chi connectivity index (χ2v) is 18.8. The summed E-state index contributed by atoms with van der Waals surface area (Å²) in [4.78, 5) is 0. The summed E-state index contributed by atoms with van der Waals surface area (Å²) in [7, 11) is 1.55. The molecule has 0 aliphatic carbocycles. The number of aliphatic hydroxyl groups excluding tert-OH is 1. The van der Waals surface area contributed by atoms with Gasteiger partial charge in [0, 0.05) is 7.11 Å². The van der Waals surface area contributed by atoms with Gasteiger partial charge in [0.25, 0.3) is 0 Å². The van der Waals surface area contributed by atoms with Crippen molar-refractivity contribution in [1.82, 2.24) is 0 Å². The van der Waals surface area contributed by atoms with Crippen LogP contribution in [0, 0.1) is 0 Å². The first-order valence-corrected chi connectivity index (χ1v) is 25.2. The van der Waals surface area contributed by atoms with E-state index in [9.17, 15) is 5.11 Å². The third-order valence-corrected chi connectivity index (χ3v) is 13.3. The fourth-order valence-electron chi connectivity index (χ4n) is 8.71. The first kappa shape index (κ1) is 51.6. The van der Waals surface area contributed by atoms with Crippen molar-refractivity contribution >= 4 is 11.8 Å². The lowest BCUT2D eigenvalue weighted by Crippen LogP contribution is -2.60. The highest BCUT2D eigenvalue weighted by Crippen LogP contribution is 2.36. The zero-order valence-corrected chi connectivity index (χ0v) is 40.8. The molecule has 11 nitrogen and oxygen atoms in total. The molecule has 0 radical (unpaired) electrons. The van der Waals surface area contributed by atoms with Gasteiger partial charge in [0.1, 0.15) is 54.3 Å². The molecule has 2 aliphatic heterocycles. The zero-order valence-electron chi connectivity index (χ0n) is 40.0. The van der Waals surface area contributed by atoms with Crippen LogP contribution in [0.5, 0.6) is 0 Å². The predicted octanol–water partition coefficient (Wildman–Crippen LogP) is 9.86. The molecule has 0 amide bonds. The summed E-state index contributed by atoms with van der Waals surface area (Å²) in [5.41, 5.74) is 6.67. The highest BCUT2D eigenvalue weighted by molar-refractivity contribution is 7.99. The summed E-state index contributed by atoms with van der Waals surface area (Å²) in [6, 6.07) is 58.3. The molecule has 2 saturated heterocycles. The van der Waals surface area contributed by atoms with Crippen molar-refractivity contribution in [3.8, 4) is 0 Å². The van der Waals surface area contributed by atoms with Crippen molar-refractivity contribution in [2.45, 2.75) is 114 Å². The maximum atomic E-state index is 11.9. The fourth-order valence-corrected chi connectivity index (χ4v) is 9.68. The summed E-state index contributed by atoms with van der Waals surface area (Å²) in [6.45, 7) is 4.84. The molecular formula is C58H66O11S. The molecule has 10 atom stereocenters. The van der Waals surface area contributed by atoms with Gasteiger partial charge in [-0.1, -0.05) is 183 Å². The molecule has 0 unspecified atom stereocenters. The van der Waals surface area contributed by atoms with E-state index < -0.39 is 55.1 Å². The van der Waals surface area contributed by atoms with Gasteiger partial charge in [-0.15, -0.1) is 11.8 Å². The van der Waals surface area contributed by atoms with Crippen LogP contribution in [0.25, 0.3) is 0 Å². The van der Waals surface area contributed by atoms with E-state index in [2.05, 4.69) is 49.4 Å². The summed E-state index contributed by atoms with van der Waals surface area (Å²) in [5, 5.41) is 11.9. The van der Waals surface area contributed by atoms with Crippen LogP contribution in [0.2, 0.25) is 0 Å². The summed E-state index contributed by atoms with van der Waals surface area (Å²) >= 11 is 1.69. The Balaban J connectivity index is 0.957. The Morgan fingerprint density at radius 1 is 0.414 bits per heavy atom. The number of hydrogen-bond acceptors (Lipinski definition) is 12.